The van der Waals surface area contributed by atoms with E-state index in [0.29, 0.717) is 17.7 Å². The number of nitrogens with two attached hydrogens (primary N) is 1. The van der Waals surface area contributed by atoms with Gasteiger partial charge in [-0.2, -0.15) is 0 Å². The van der Waals surface area contributed by atoms with E-state index in [1.54, 1.807) is 31.3 Å². The highest BCUT2D eigenvalue weighted by molar-refractivity contribution is 7.80. The third-order valence-electron chi connectivity index (χ3n) is 2.29. The molecule has 4 nitrogen and oxygen atoms in total. The van der Waals surface area contributed by atoms with Crippen molar-refractivity contribution in [2.24, 2.45) is 5.73 Å². The average molecular weight is 240 g/mol. The number of aliphatic hydroxyl groups excluding tert-OH is 2. The quantitative estimate of drug-likeness (QED) is 0.542. The molecule has 0 aliphatic heterocycles. The van der Waals surface area contributed by atoms with Crippen molar-refractivity contribution >= 4 is 17.2 Å². The lowest BCUT2D eigenvalue weighted by Crippen LogP contribution is -2.29. The predicted octanol–water partition coefficient (Wildman–Crippen LogP) is -0.0655. The molecule has 5 heteroatoms. The second kappa shape index (κ2) is 5.91. The Bertz CT molecular complexity index is 371. The number of hydrogen-bond donors (Lipinski definition) is 4. The van der Waals surface area contributed by atoms with Crippen LogP contribution in [0.15, 0.2) is 24.3 Å². The Labute approximate surface area is 100 Å². The molecule has 0 bridgehead atoms. The fraction of sp³-hybridized carbons (Fsp3) is 0.364. The van der Waals surface area contributed by atoms with Gasteiger partial charge in [0.25, 0.3) is 0 Å². The summed E-state index contributed by atoms with van der Waals surface area (Å²) in [5.74, 6) is 0. The first kappa shape index (κ1) is 13.1. The minimum atomic E-state index is -0.943. The van der Waals surface area contributed by atoms with E-state index in [9.17, 15) is 10.2 Å². The molecule has 0 saturated heterocycles. The van der Waals surface area contributed by atoms with Gasteiger partial charge in [0, 0.05) is 12.1 Å². The lowest BCUT2D eigenvalue weighted by molar-refractivity contribution is 0.0202. The Morgan fingerprint density at radius 1 is 1.50 bits per heavy atom. The zero-order valence-corrected chi connectivity index (χ0v) is 9.87. The van der Waals surface area contributed by atoms with E-state index in [2.05, 4.69) is 5.32 Å². The van der Waals surface area contributed by atoms with Crippen molar-refractivity contribution in [1.82, 2.24) is 5.32 Å². The van der Waals surface area contributed by atoms with Crippen molar-refractivity contribution in [3.8, 4) is 0 Å². The minimum Gasteiger partial charge on any atom is -0.389 e. The standard InChI is InChI=1S/C11H16N2O2S/c1-13-6-9(14)10(15)7-3-2-4-8(5-7)11(12)16/h2-5,9-10,13-15H,6H2,1H3,(H2,12,16). The fourth-order valence-corrected chi connectivity index (χ4v) is 1.55. The van der Waals surface area contributed by atoms with Crippen LogP contribution in [0.1, 0.15) is 17.2 Å². The molecule has 5 N–H and O–H groups in total. The Hall–Kier alpha value is -1.01. The van der Waals surface area contributed by atoms with Gasteiger partial charge in [0.05, 0.1) is 6.10 Å². The van der Waals surface area contributed by atoms with Gasteiger partial charge in [0.15, 0.2) is 0 Å². The van der Waals surface area contributed by atoms with Crippen LogP contribution in [0.25, 0.3) is 0 Å². The number of thiocarbonyl (C=S) groups is 1. The molecule has 0 aliphatic rings. The van der Waals surface area contributed by atoms with Crippen molar-refractivity contribution in [1.29, 1.82) is 0 Å². The maximum atomic E-state index is 9.85. The van der Waals surface area contributed by atoms with E-state index in [1.165, 1.54) is 0 Å². The van der Waals surface area contributed by atoms with Gasteiger partial charge in [-0.3, -0.25) is 0 Å². The van der Waals surface area contributed by atoms with Gasteiger partial charge in [-0.15, -0.1) is 0 Å². The normalized spacial score (nSPS) is 14.4. The highest BCUT2D eigenvalue weighted by Gasteiger charge is 2.17. The molecule has 0 spiro atoms. The zero-order valence-electron chi connectivity index (χ0n) is 9.05. The first-order valence-corrected chi connectivity index (χ1v) is 5.37. The van der Waals surface area contributed by atoms with Crippen molar-refractivity contribution < 1.29 is 10.2 Å². The van der Waals surface area contributed by atoms with Gasteiger partial charge < -0.3 is 21.3 Å². The number of rotatable bonds is 5. The van der Waals surface area contributed by atoms with Gasteiger partial charge in [0.1, 0.15) is 11.1 Å². The SMILES string of the molecule is CNCC(O)C(O)c1cccc(C(N)=S)c1. The average Bonchev–Trinajstić information content (AvgIpc) is 2.28. The number of aliphatic hydroxyl groups is 2. The van der Waals surface area contributed by atoms with Gasteiger partial charge in [-0.05, 0) is 18.7 Å². The van der Waals surface area contributed by atoms with Crippen LogP contribution in [0.3, 0.4) is 0 Å². The predicted molar refractivity (Wildman–Crippen MR) is 67.2 cm³/mol. The van der Waals surface area contributed by atoms with E-state index in [1.807, 2.05) is 0 Å². The molecule has 1 aromatic rings. The van der Waals surface area contributed by atoms with E-state index in [-0.39, 0.29) is 4.99 Å². The fourth-order valence-electron chi connectivity index (χ4n) is 1.42. The third-order valence-corrected chi connectivity index (χ3v) is 2.53. The molecule has 1 rings (SSSR count). The van der Waals surface area contributed by atoms with Gasteiger partial charge in [0.2, 0.25) is 0 Å². The molecule has 2 unspecified atom stereocenters. The number of benzene rings is 1. The molecule has 0 aromatic heterocycles. The van der Waals surface area contributed by atoms with Crippen LogP contribution < -0.4 is 11.1 Å². The lowest BCUT2D eigenvalue weighted by atomic mass is 10.0. The molecule has 0 saturated carbocycles. The lowest BCUT2D eigenvalue weighted by Gasteiger charge is -2.18. The minimum absolute atomic E-state index is 0.275. The summed E-state index contributed by atoms with van der Waals surface area (Å²) in [6.07, 6.45) is -1.80. The second-order valence-corrected chi connectivity index (χ2v) is 4.00. The van der Waals surface area contributed by atoms with Crippen LogP contribution in [0.4, 0.5) is 0 Å². The molecule has 0 amide bonds. The molecule has 16 heavy (non-hydrogen) atoms. The molecule has 2 atom stereocenters. The van der Waals surface area contributed by atoms with Gasteiger partial charge in [-0.1, -0.05) is 30.4 Å². The molecule has 0 fully saturated rings. The monoisotopic (exact) mass is 240 g/mol. The van der Waals surface area contributed by atoms with Crippen molar-refractivity contribution in [2.45, 2.75) is 12.2 Å². The van der Waals surface area contributed by atoms with Crippen molar-refractivity contribution in [3.05, 3.63) is 35.4 Å². The zero-order chi connectivity index (χ0) is 12.1. The Morgan fingerprint density at radius 2 is 2.19 bits per heavy atom. The summed E-state index contributed by atoms with van der Waals surface area (Å²) in [5.41, 5.74) is 6.78. The van der Waals surface area contributed by atoms with Crippen molar-refractivity contribution in [2.75, 3.05) is 13.6 Å². The summed E-state index contributed by atoms with van der Waals surface area (Å²) in [7, 11) is 1.71. The smallest absolute Gasteiger partial charge is 0.106 e. The molecule has 88 valence electrons. The Balaban J connectivity index is 2.86. The summed E-state index contributed by atoms with van der Waals surface area (Å²) < 4.78 is 0. The summed E-state index contributed by atoms with van der Waals surface area (Å²) in [6, 6.07) is 6.93. The molecule has 0 heterocycles. The van der Waals surface area contributed by atoms with Gasteiger partial charge in [-0.25, -0.2) is 0 Å². The topological polar surface area (TPSA) is 78.5 Å². The number of nitrogens with one attached hydrogen (secondary N) is 1. The van der Waals surface area contributed by atoms with Gasteiger partial charge >= 0.3 is 0 Å². The summed E-state index contributed by atoms with van der Waals surface area (Å²) in [5, 5.41) is 22.3. The van der Waals surface area contributed by atoms with E-state index in [0.717, 1.165) is 0 Å². The summed E-state index contributed by atoms with van der Waals surface area (Å²) in [4.78, 5) is 0.275. The van der Waals surface area contributed by atoms with Crippen LogP contribution in [0, 0.1) is 0 Å². The molecule has 1 aromatic carbocycles. The third kappa shape index (κ3) is 3.24. The molecular weight excluding hydrogens is 224 g/mol. The van der Waals surface area contributed by atoms with Crippen LogP contribution in [0.2, 0.25) is 0 Å². The van der Waals surface area contributed by atoms with E-state index >= 15 is 0 Å². The van der Waals surface area contributed by atoms with E-state index < -0.39 is 12.2 Å². The van der Waals surface area contributed by atoms with Crippen LogP contribution >= 0.6 is 12.2 Å². The van der Waals surface area contributed by atoms with E-state index in [4.69, 9.17) is 18.0 Å². The van der Waals surface area contributed by atoms with Crippen LogP contribution in [-0.2, 0) is 0 Å². The summed E-state index contributed by atoms with van der Waals surface area (Å²) in [6.45, 7) is 0.318. The maximum Gasteiger partial charge on any atom is 0.106 e. The van der Waals surface area contributed by atoms with Crippen LogP contribution in [0.5, 0.6) is 0 Å². The van der Waals surface area contributed by atoms with Crippen LogP contribution in [-0.4, -0.2) is 34.9 Å². The second-order valence-electron chi connectivity index (χ2n) is 3.56. The highest BCUT2D eigenvalue weighted by Crippen LogP contribution is 2.17. The van der Waals surface area contributed by atoms with Crippen molar-refractivity contribution in [3.63, 3.8) is 0 Å². The first-order valence-electron chi connectivity index (χ1n) is 4.96. The highest BCUT2D eigenvalue weighted by atomic mass is 32.1. The molecule has 0 radical (unpaired) electrons. The molecular formula is C11H16N2O2S. The Morgan fingerprint density at radius 3 is 2.75 bits per heavy atom. The largest absolute Gasteiger partial charge is 0.389 e. The maximum absolute atomic E-state index is 9.85. The first-order chi connectivity index (χ1) is 7.56. The molecule has 0 aliphatic carbocycles. The number of hydrogen-bond acceptors (Lipinski definition) is 4. The summed E-state index contributed by atoms with van der Waals surface area (Å²) >= 11 is 4.85. The number of likely N-dealkylation sites (N-methyl/N-ethyl adjacent to an activating group) is 1. The Kier molecular flexibility index (Phi) is 4.82.